The van der Waals surface area contributed by atoms with Crippen molar-refractivity contribution >= 4 is 16.9 Å². The average Bonchev–Trinajstić information content (AvgIpc) is 3.19. The molecule has 0 unspecified atom stereocenters. The molecular formula is C23H22N4O. The Morgan fingerprint density at radius 1 is 0.857 bits per heavy atom. The van der Waals surface area contributed by atoms with Crippen molar-refractivity contribution in [2.75, 3.05) is 18.0 Å². The molecule has 1 saturated heterocycles. The number of rotatable bonds is 3. The van der Waals surface area contributed by atoms with Gasteiger partial charge in [0.25, 0.3) is 0 Å². The van der Waals surface area contributed by atoms with Crippen molar-refractivity contribution in [3.63, 3.8) is 0 Å². The summed E-state index contributed by atoms with van der Waals surface area (Å²) in [6.07, 6.45) is 3.34. The summed E-state index contributed by atoms with van der Waals surface area (Å²) in [6, 6.07) is 22.7. The third-order valence-corrected chi connectivity index (χ3v) is 5.36. The van der Waals surface area contributed by atoms with E-state index in [-0.39, 0.29) is 6.10 Å². The number of nitrogens with zero attached hydrogens (tertiary/aromatic N) is 4. The monoisotopic (exact) mass is 370 g/mol. The molecule has 1 aliphatic rings. The third-order valence-electron chi connectivity index (χ3n) is 5.36. The van der Waals surface area contributed by atoms with Crippen molar-refractivity contribution in [1.29, 1.82) is 0 Å². The Hall–Kier alpha value is -3.18. The lowest BCUT2D eigenvalue weighted by molar-refractivity contribution is 0.145. The highest BCUT2D eigenvalue weighted by molar-refractivity contribution is 5.82. The smallest absolute Gasteiger partial charge is 0.227 e. The van der Waals surface area contributed by atoms with Crippen molar-refractivity contribution in [2.24, 2.45) is 0 Å². The summed E-state index contributed by atoms with van der Waals surface area (Å²) in [5, 5.41) is 11.0. The average molecular weight is 370 g/mol. The van der Waals surface area contributed by atoms with Crippen LogP contribution in [0.1, 0.15) is 12.8 Å². The second kappa shape index (κ2) is 7.09. The molecule has 28 heavy (non-hydrogen) atoms. The number of aliphatic hydroxyl groups is 1. The van der Waals surface area contributed by atoms with Crippen LogP contribution in [0.4, 0.5) is 5.95 Å². The summed E-state index contributed by atoms with van der Waals surface area (Å²) >= 11 is 0. The van der Waals surface area contributed by atoms with Gasteiger partial charge in [-0.25, -0.2) is 4.98 Å². The van der Waals surface area contributed by atoms with Crippen molar-refractivity contribution in [2.45, 2.75) is 18.9 Å². The minimum atomic E-state index is -0.221. The number of hydrogen-bond acceptors (Lipinski definition) is 4. The topological polar surface area (TPSA) is 54.2 Å². The van der Waals surface area contributed by atoms with Crippen LogP contribution in [-0.4, -0.2) is 38.8 Å². The summed E-state index contributed by atoms with van der Waals surface area (Å²) in [4.78, 5) is 11.9. The van der Waals surface area contributed by atoms with Gasteiger partial charge in [-0.2, -0.15) is 4.98 Å². The Balaban J connectivity index is 1.65. The number of aliphatic hydroxyl groups excluding tert-OH is 1. The first-order valence-electron chi connectivity index (χ1n) is 9.72. The second-order valence-corrected chi connectivity index (χ2v) is 7.24. The van der Waals surface area contributed by atoms with E-state index in [1.54, 1.807) is 0 Å². The molecule has 4 aromatic rings. The highest BCUT2D eigenvalue weighted by Crippen LogP contribution is 2.26. The van der Waals surface area contributed by atoms with E-state index in [4.69, 9.17) is 9.97 Å². The first kappa shape index (κ1) is 17.0. The van der Waals surface area contributed by atoms with Crippen LogP contribution in [0, 0.1) is 0 Å². The van der Waals surface area contributed by atoms with Crippen molar-refractivity contribution in [1.82, 2.24) is 14.5 Å². The van der Waals surface area contributed by atoms with Gasteiger partial charge in [-0.05, 0) is 30.4 Å². The van der Waals surface area contributed by atoms with Gasteiger partial charge in [-0.15, -0.1) is 0 Å². The molecule has 5 heteroatoms. The van der Waals surface area contributed by atoms with E-state index >= 15 is 0 Å². The van der Waals surface area contributed by atoms with E-state index < -0.39 is 0 Å². The standard InChI is InChI=1S/C23H22N4O/c28-19-11-13-26(14-12-19)23-24-20(17-6-2-1-3-7-17)16-22(25-23)27-15-10-18-8-4-5-9-21(18)27/h1-10,15-16,19,28H,11-14H2. The van der Waals surface area contributed by atoms with Gasteiger partial charge in [0.05, 0.1) is 17.3 Å². The molecule has 0 bridgehead atoms. The first-order valence-corrected chi connectivity index (χ1v) is 9.72. The van der Waals surface area contributed by atoms with E-state index in [9.17, 15) is 5.11 Å². The number of hydrogen-bond donors (Lipinski definition) is 1. The van der Waals surface area contributed by atoms with E-state index in [0.29, 0.717) is 0 Å². The number of piperidine rings is 1. The van der Waals surface area contributed by atoms with Gasteiger partial charge in [0.15, 0.2) is 0 Å². The van der Waals surface area contributed by atoms with Crippen LogP contribution < -0.4 is 4.90 Å². The van der Waals surface area contributed by atoms with E-state index in [1.165, 1.54) is 5.39 Å². The van der Waals surface area contributed by atoms with Gasteiger partial charge in [0.2, 0.25) is 5.95 Å². The Morgan fingerprint density at radius 2 is 1.61 bits per heavy atom. The molecule has 0 atom stereocenters. The summed E-state index contributed by atoms with van der Waals surface area (Å²) in [5.74, 6) is 1.58. The predicted molar refractivity (Wildman–Crippen MR) is 112 cm³/mol. The number of anilines is 1. The van der Waals surface area contributed by atoms with E-state index in [1.807, 2.05) is 36.4 Å². The maximum atomic E-state index is 9.86. The molecular weight excluding hydrogens is 348 g/mol. The molecule has 140 valence electrons. The van der Waals surface area contributed by atoms with Gasteiger partial charge in [-0.1, -0.05) is 48.5 Å². The summed E-state index contributed by atoms with van der Waals surface area (Å²) in [7, 11) is 0. The highest BCUT2D eigenvalue weighted by Gasteiger charge is 2.21. The van der Waals surface area contributed by atoms with Gasteiger partial charge in [0, 0.05) is 30.9 Å². The zero-order valence-electron chi connectivity index (χ0n) is 15.6. The summed E-state index contributed by atoms with van der Waals surface area (Å²) in [6.45, 7) is 1.54. The fourth-order valence-electron chi connectivity index (χ4n) is 3.79. The first-order chi connectivity index (χ1) is 13.8. The van der Waals surface area contributed by atoms with E-state index in [0.717, 1.165) is 54.5 Å². The molecule has 5 nitrogen and oxygen atoms in total. The quantitative estimate of drug-likeness (QED) is 0.591. The second-order valence-electron chi connectivity index (χ2n) is 7.24. The summed E-state index contributed by atoms with van der Waals surface area (Å²) < 4.78 is 2.12. The maximum Gasteiger partial charge on any atom is 0.227 e. The zero-order chi connectivity index (χ0) is 18.9. The molecule has 0 amide bonds. The molecule has 2 aromatic carbocycles. The molecule has 0 aliphatic carbocycles. The van der Waals surface area contributed by atoms with Crippen LogP contribution in [0.3, 0.4) is 0 Å². The van der Waals surface area contributed by atoms with Gasteiger partial charge >= 0.3 is 0 Å². The van der Waals surface area contributed by atoms with Crippen LogP contribution in [0.2, 0.25) is 0 Å². The largest absolute Gasteiger partial charge is 0.393 e. The van der Waals surface area contributed by atoms with Crippen LogP contribution in [-0.2, 0) is 0 Å². The van der Waals surface area contributed by atoms with Crippen LogP contribution in [0.5, 0.6) is 0 Å². The Morgan fingerprint density at radius 3 is 2.43 bits per heavy atom. The minimum absolute atomic E-state index is 0.221. The Bertz CT molecular complexity index is 1100. The van der Waals surface area contributed by atoms with Crippen LogP contribution in [0.15, 0.2) is 72.9 Å². The Labute approximate surface area is 163 Å². The fourth-order valence-corrected chi connectivity index (χ4v) is 3.79. The van der Waals surface area contributed by atoms with Crippen molar-refractivity contribution < 1.29 is 5.11 Å². The third kappa shape index (κ3) is 3.14. The van der Waals surface area contributed by atoms with Crippen LogP contribution >= 0.6 is 0 Å². The van der Waals surface area contributed by atoms with Crippen molar-refractivity contribution in [3.05, 3.63) is 72.9 Å². The molecule has 1 fully saturated rings. The predicted octanol–water partition coefficient (Wildman–Crippen LogP) is 4.05. The number of para-hydroxylation sites is 1. The lowest BCUT2D eigenvalue weighted by Crippen LogP contribution is -2.37. The lowest BCUT2D eigenvalue weighted by atomic mass is 10.1. The van der Waals surface area contributed by atoms with Gasteiger partial charge in [0.1, 0.15) is 5.82 Å². The number of aromatic nitrogens is 3. The van der Waals surface area contributed by atoms with Crippen LogP contribution in [0.25, 0.3) is 28.0 Å². The molecule has 1 N–H and O–H groups in total. The molecule has 5 rings (SSSR count). The van der Waals surface area contributed by atoms with E-state index in [2.05, 4.69) is 46.0 Å². The minimum Gasteiger partial charge on any atom is -0.393 e. The van der Waals surface area contributed by atoms with Gasteiger partial charge in [-0.3, -0.25) is 0 Å². The number of fused-ring (bicyclic) bond motifs is 1. The van der Waals surface area contributed by atoms with Gasteiger partial charge < -0.3 is 14.6 Å². The SMILES string of the molecule is OC1CCN(c2nc(-c3ccccc3)cc(-n3ccc4ccccc43)n2)CC1. The maximum absolute atomic E-state index is 9.86. The molecule has 0 spiro atoms. The molecule has 3 heterocycles. The summed E-state index contributed by atoms with van der Waals surface area (Å²) in [5.41, 5.74) is 3.10. The fraction of sp³-hybridized carbons (Fsp3) is 0.217. The molecule has 1 aliphatic heterocycles. The molecule has 0 radical (unpaired) electrons. The number of benzene rings is 2. The Kier molecular flexibility index (Phi) is 4.29. The lowest BCUT2D eigenvalue weighted by Gasteiger charge is -2.30. The molecule has 2 aromatic heterocycles. The normalized spacial score (nSPS) is 15.2. The van der Waals surface area contributed by atoms with Crippen molar-refractivity contribution in [3.8, 4) is 17.1 Å². The molecule has 0 saturated carbocycles. The highest BCUT2D eigenvalue weighted by atomic mass is 16.3. The zero-order valence-corrected chi connectivity index (χ0v) is 15.6.